The van der Waals surface area contributed by atoms with Crippen LogP contribution in [0.5, 0.6) is 5.75 Å². The first kappa shape index (κ1) is 9.29. The van der Waals surface area contributed by atoms with Crippen LogP contribution in [-0.2, 0) is 0 Å². The molecule has 0 aliphatic carbocycles. The van der Waals surface area contributed by atoms with Crippen molar-refractivity contribution in [3.05, 3.63) is 21.9 Å². The minimum Gasteiger partial charge on any atom is -0.493 e. The van der Waals surface area contributed by atoms with E-state index < -0.39 is 0 Å². The molecule has 0 unspecified atom stereocenters. The molecule has 0 aromatic carbocycles. The van der Waals surface area contributed by atoms with Crippen LogP contribution in [0.25, 0.3) is 0 Å². The predicted molar refractivity (Wildman–Crippen MR) is 46.2 cm³/mol. The molecule has 64 valence electrons. The minimum atomic E-state index is 0.113. The lowest BCUT2D eigenvalue weighted by molar-refractivity contribution is 0.111. The van der Waals surface area contributed by atoms with E-state index in [2.05, 4.69) is 4.98 Å². The summed E-state index contributed by atoms with van der Waals surface area (Å²) < 4.78 is 4.83. The van der Waals surface area contributed by atoms with Gasteiger partial charge in [-0.15, -0.1) is 0 Å². The molecular formula is C7H5Cl2NO2. The van der Waals surface area contributed by atoms with Crippen LogP contribution in [0.1, 0.15) is 10.5 Å². The zero-order valence-electron chi connectivity index (χ0n) is 6.17. The number of aldehydes is 1. The number of hydrogen-bond donors (Lipinski definition) is 0. The Morgan fingerprint density at radius 1 is 1.58 bits per heavy atom. The Bertz CT molecular complexity index is 315. The lowest BCUT2D eigenvalue weighted by atomic mass is 10.3. The van der Waals surface area contributed by atoms with E-state index in [-0.39, 0.29) is 15.9 Å². The zero-order chi connectivity index (χ0) is 9.14. The van der Waals surface area contributed by atoms with Gasteiger partial charge in [0, 0.05) is 6.07 Å². The number of methoxy groups -OCH3 is 1. The van der Waals surface area contributed by atoms with E-state index in [9.17, 15) is 4.79 Å². The van der Waals surface area contributed by atoms with Crippen molar-refractivity contribution in [2.24, 2.45) is 0 Å². The summed E-state index contributed by atoms with van der Waals surface area (Å²) in [5.41, 5.74) is 0.113. The summed E-state index contributed by atoms with van der Waals surface area (Å²) >= 11 is 11.3. The smallest absolute Gasteiger partial charge is 0.171 e. The van der Waals surface area contributed by atoms with Crippen LogP contribution < -0.4 is 4.74 Å². The number of aromatic nitrogens is 1. The standard InChI is InChI=1S/C7H5Cl2NO2/c1-12-6-2-4(8)5(3-11)10-7(6)9/h2-3H,1H3. The van der Waals surface area contributed by atoms with Crippen molar-refractivity contribution in [2.75, 3.05) is 7.11 Å². The molecule has 0 radical (unpaired) electrons. The molecule has 3 nitrogen and oxygen atoms in total. The average Bonchev–Trinajstić information content (AvgIpc) is 2.08. The fraction of sp³-hybridized carbons (Fsp3) is 0.143. The fourth-order valence-electron chi connectivity index (χ4n) is 0.689. The van der Waals surface area contributed by atoms with Crippen molar-refractivity contribution >= 4 is 29.5 Å². The van der Waals surface area contributed by atoms with Crippen LogP contribution >= 0.6 is 23.2 Å². The summed E-state index contributed by atoms with van der Waals surface area (Å²) in [6.07, 6.45) is 0.535. The van der Waals surface area contributed by atoms with Crippen LogP contribution in [0, 0.1) is 0 Å². The number of pyridine rings is 1. The van der Waals surface area contributed by atoms with Crippen molar-refractivity contribution in [1.82, 2.24) is 4.98 Å². The molecular weight excluding hydrogens is 201 g/mol. The maximum absolute atomic E-state index is 10.3. The second kappa shape index (κ2) is 3.74. The van der Waals surface area contributed by atoms with E-state index in [1.165, 1.54) is 13.2 Å². The van der Waals surface area contributed by atoms with Crippen molar-refractivity contribution in [3.63, 3.8) is 0 Å². The van der Waals surface area contributed by atoms with E-state index >= 15 is 0 Å². The maximum Gasteiger partial charge on any atom is 0.171 e. The summed E-state index contributed by atoms with van der Waals surface area (Å²) in [6, 6.07) is 1.45. The molecule has 0 fully saturated rings. The summed E-state index contributed by atoms with van der Waals surface area (Å²) in [4.78, 5) is 14.0. The largest absolute Gasteiger partial charge is 0.493 e. The highest BCUT2D eigenvalue weighted by molar-refractivity contribution is 6.34. The highest BCUT2D eigenvalue weighted by atomic mass is 35.5. The van der Waals surface area contributed by atoms with E-state index in [0.717, 1.165) is 0 Å². The lowest BCUT2D eigenvalue weighted by Crippen LogP contribution is -1.92. The second-order valence-electron chi connectivity index (χ2n) is 1.97. The molecule has 1 rings (SSSR count). The molecule has 0 atom stereocenters. The van der Waals surface area contributed by atoms with Gasteiger partial charge in [-0.2, -0.15) is 0 Å². The number of hydrogen-bond acceptors (Lipinski definition) is 3. The van der Waals surface area contributed by atoms with Gasteiger partial charge in [0.25, 0.3) is 0 Å². The van der Waals surface area contributed by atoms with Gasteiger partial charge in [0.1, 0.15) is 5.69 Å². The topological polar surface area (TPSA) is 39.2 Å². The van der Waals surface area contributed by atoms with Crippen molar-refractivity contribution in [3.8, 4) is 5.75 Å². The third-order valence-corrected chi connectivity index (χ3v) is 1.83. The highest BCUT2D eigenvalue weighted by Crippen LogP contribution is 2.26. The molecule has 0 spiro atoms. The molecule has 12 heavy (non-hydrogen) atoms. The third kappa shape index (κ3) is 1.68. The Labute approximate surface area is 79.3 Å². The molecule has 1 aromatic heterocycles. The Kier molecular flexibility index (Phi) is 2.89. The van der Waals surface area contributed by atoms with Crippen LogP contribution in [0.15, 0.2) is 6.07 Å². The van der Waals surface area contributed by atoms with Crippen molar-refractivity contribution < 1.29 is 9.53 Å². The molecule has 0 saturated carbocycles. The number of ether oxygens (including phenoxy) is 1. The zero-order valence-corrected chi connectivity index (χ0v) is 7.69. The molecule has 5 heteroatoms. The molecule has 1 heterocycles. The highest BCUT2D eigenvalue weighted by Gasteiger charge is 2.07. The molecule has 0 saturated heterocycles. The van der Waals surface area contributed by atoms with E-state index in [0.29, 0.717) is 12.0 Å². The van der Waals surface area contributed by atoms with E-state index in [1.807, 2.05) is 0 Å². The molecule has 0 N–H and O–H groups in total. The van der Waals surface area contributed by atoms with Crippen LogP contribution in [0.4, 0.5) is 0 Å². The Morgan fingerprint density at radius 2 is 2.25 bits per heavy atom. The van der Waals surface area contributed by atoms with Crippen molar-refractivity contribution in [2.45, 2.75) is 0 Å². The van der Waals surface area contributed by atoms with Crippen LogP contribution in [0.2, 0.25) is 10.2 Å². The average molecular weight is 206 g/mol. The van der Waals surface area contributed by atoms with Gasteiger partial charge in [-0.3, -0.25) is 4.79 Å². The third-order valence-electron chi connectivity index (χ3n) is 1.26. The summed E-state index contributed by atoms with van der Waals surface area (Å²) in [6.45, 7) is 0. The van der Waals surface area contributed by atoms with Gasteiger partial charge in [-0.1, -0.05) is 23.2 Å². The quantitative estimate of drug-likeness (QED) is 0.550. The number of halogens is 2. The molecule has 0 amide bonds. The second-order valence-corrected chi connectivity index (χ2v) is 2.73. The number of carbonyl (C=O) groups is 1. The first-order valence-electron chi connectivity index (χ1n) is 3.04. The first-order chi connectivity index (χ1) is 5.69. The molecule has 1 aromatic rings. The number of carbonyl (C=O) groups excluding carboxylic acids is 1. The summed E-state index contributed by atoms with van der Waals surface area (Å²) in [5, 5.41) is 0.357. The summed E-state index contributed by atoms with van der Waals surface area (Å²) in [7, 11) is 1.44. The number of nitrogens with zero attached hydrogens (tertiary/aromatic N) is 1. The van der Waals surface area contributed by atoms with Crippen LogP contribution in [-0.4, -0.2) is 18.4 Å². The van der Waals surface area contributed by atoms with Crippen LogP contribution in [0.3, 0.4) is 0 Å². The lowest BCUT2D eigenvalue weighted by Gasteiger charge is -2.02. The molecule has 0 aliphatic rings. The fourth-order valence-corrected chi connectivity index (χ4v) is 1.10. The van der Waals surface area contributed by atoms with Gasteiger partial charge in [0.2, 0.25) is 0 Å². The maximum atomic E-state index is 10.3. The first-order valence-corrected chi connectivity index (χ1v) is 3.80. The van der Waals surface area contributed by atoms with Gasteiger partial charge in [-0.25, -0.2) is 4.98 Å². The van der Waals surface area contributed by atoms with Gasteiger partial charge in [0.05, 0.1) is 12.1 Å². The normalized spacial score (nSPS) is 9.58. The molecule has 0 aliphatic heterocycles. The minimum absolute atomic E-state index is 0.113. The Morgan fingerprint density at radius 3 is 2.75 bits per heavy atom. The summed E-state index contributed by atoms with van der Waals surface area (Å²) in [5.74, 6) is 0.354. The molecule has 0 bridgehead atoms. The van der Waals surface area contributed by atoms with E-state index in [1.54, 1.807) is 0 Å². The number of rotatable bonds is 2. The predicted octanol–water partition coefficient (Wildman–Crippen LogP) is 2.21. The van der Waals surface area contributed by atoms with Gasteiger partial charge >= 0.3 is 0 Å². The monoisotopic (exact) mass is 205 g/mol. The van der Waals surface area contributed by atoms with Gasteiger partial charge < -0.3 is 4.74 Å². The van der Waals surface area contributed by atoms with E-state index in [4.69, 9.17) is 27.9 Å². The Hall–Kier alpha value is -0.800. The van der Waals surface area contributed by atoms with Gasteiger partial charge in [-0.05, 0) is 0 Å². The van der Waals surface area contributed by atoms with Gasteiger partial charge in [0.15, 0.2) is 17.2 Å². The van der Waals surface area contributed by atoms with Crippen molar-refractivity contribution in [1.29, 1.82) is 0 Å². The SMILES string of the molecule is COc1cc(Cl)c(C=O)nc1Cl. The Balaban J connectivity index is 3.25.